The third-order valence-electron chi connectivity index (χ3n) is 7.70. The zero-order valence-electron chi connectivity index (χ0n) is 19.7. The number of amides is 1. The van der Waals surface area contributed by atoms with Crippen LogP contribution in [-0.2, 0) is 6.42 Å². The minimum absolute atomic E-state index is 0.0928. The van der Waals surface area contributed by atoms with Gasteiger partial charge >= 0.3 is 0 Å². The molecule has 2 atom stereocenters. The summed E-state index contributed by atoms with van der Waals surface area (Å²) < 4.78 is 6.50. The number of unbranched alkanes of at least 4 members (excludes halogenated alkanes) is 2. The van der Waals surface area contributed by atoms with Gasteiger partial charge in [0, 0.05) is 23.4 Å². The number of nitrogens with one attached hydrogen (secondary N) is 1. The number of ether oxygens (including phenoxy) is 1. The molecule has 1 fully saturated rings. The van der Waals surface area contributed by atoms with Crippen molar-refractivity contribution in [3.8, 4) is 11.5 Å². The minimum atomic E-state index is -0.296. The van der Waals surface area contributed by atoms with Gasteiger partial charge in [0.2, 0.25) is 0 Å². The Morgan fingerprint density at radius 1 is 1.23 bits per heavy atom. The largest absolute Gasteiger partial charge is 0.507 e. The molecule has 1 amide bonds. The lowest BCUT2D eigenvalue weighted by Gasteiger charge is -2.46. The first-order valence-electron chi connectivity index (χ1n) is 12.4. The van der Waals surface area contributed by atoms with Crippen molar-refractivity contribution in [1.29, 1.82) is 0 Å². The predicted molar refractivity (Wildman–Crippen MR) is 125 cm³/mol. The first kappa shape index (κ1) is 22.2. The molecular weight excluding hydrogens is 386 g/mol. The van der Waals surface area contributed by atoms with Crippen LogP contribution in [0.15, 0.2) is 17.7 Å². The zero-order valence-corrected chi connectivity index (χ0v) is 19.7. The summed E-state index contributed by atoms with van der Waals surface area (Å²) in [4.78, 5) is 13.4. The van der Waals surface area contributed by atoms with Crippen LogP contribution in [0.5, 0.6) is 11.5 Å². The molecule has 1 aromatic rings. The predicted octanol–water partition coefficient (Wildman–Crippen LogP) is 6.41. The van der Waals surface area contributed by atoms with Crippen molar-refractivity contribution in [2.45, 2.75) is 109 Å². The Balaban J connectivity index is 1.79. The lowest BCUT2D eigenvalue weighted by Crippen LogP contribution is -2.45. The highest BCUT2D eigenvalue weighted by atomic mass is 16.5. The molecule has 4 heteroatoms. The molecule has 4 rings (SSSR count). The van der Waals surface area contributed by atoms with E-state index >= 15 is 0 Å². The number of benzene rings is 1. The smallest absolute Gasteiger partial charge is 0.255 e. The highest BCUT2D eigenvalue weighted by Crippen LogP contribution is 2.54. The average molecular weight is 426 g/mol. The van der Waals surface area contributed by atoms with E-state index in [2.05, 4.69) is 45.2 Å². The molecule has 31 heavy (non-hydrogen) atoms. The number of carbonyl (C=O) groups excluding carboxylic acids is 1. The molecule has 0 aromatic heterocycles. The van der Waals surface area contributed by atoms with Crippen molar-refractivity contribution in [2.24, 2.45) is 5.92 Å². The number of aryl methyl sites for hydroxylation is 1. The van der Waals surface area contributed by atoms with Gasteiger partial charge in [-0.15, -0.1) is 0 Å². The van der Waals surface area contributed by atoms with Crippen molar-refractivity contribution in [3.05, 3.63) is 34.4 Å². The summed E-state index contributed by atoms with van der Waals surface area (Å²) in [5.41, 5.74) is 3.29. The van der Waals surface area contributed by atoms with Crippen molar-refractivity contribution in [3.63, 3.8) is 0 Å². The van der Waals surface area contributed by atoms with Gasteiger partial charge in [-0.3, -0.25) is 4.79 Å². The first-order valence-corrected chi connectivity index (χ1v) is 12.4. The number of phenols is 1. The number of allylic oxidation sites excluding steroid dienone is 2. The van der Waals surface area contributed by atoms with Gasteiger partial charge in [-0.1, -0.05) is 44.3 Å². The molecule has 2 unspecified atom stereocenters. The second-order valence-electron chi connectivity index (χ2n) is 10.5. The van der Waals surface area contributed by atoms with E-state index in [1.807, 2.05) is 0 Å². The van der Waals surface area contributed by atoms with Crippen LogP contribution >= 0.6 is 0 Å². The first-order chi connectivity index (χ1) is 14.8. The normalized spacial score (nSPS) is 24.7. The quantitative estimate of drug-likeness (QED) is 0.409. The summed E-state index contributed by atoms with van der Waals surface area (Å²) in [5.74, 6) is 1.19. The van der Waals surface area contributed by atoms with E-state index in [1.165, 1.54) is 18.4 Å². The zero-order chi connectivity index (χ0) is 22.2. The summed E-state index contributed by atoms with van der Waals surface area (Å²) in [6, 6.07) is 2.29. The van der Waals surface area contributed by atoms with Crippen LogP contribution < -0.4 is 10.1 Å². The summed E-state index contributed by atoms with van der Waals surface area (Å²) >= 11 is 0. The Kier molecular flexibility index (Phi) is 6.37. The van der Waals surface area contributed by atoms with E-state index in [-0.39, 0.29) is 29.2 Å². The van der Waals surface area contributed by atoms with Gasteiger partial charge in [-0.25, -0.2) is 0 Å². The van der Waals surface area contributed by atoms with Gasteiger partial charge in [0.1, 0.15) is 17.1 Å². The van der Waals surface area contributed by atoms with Crippen LogP contribution in [0.25, 0.3) is 0 Å². The Morgan fingerprint density at radius 3 is 2.68 bits per heavy atom. The Morgan fingerprint density at radius 2 is 1.97 bits per heavy atom. The molecule has 0 bridgehead atoms. The second-order valence-corrected chi connectivity index (χ2v) is 10.5. The Labute approximate surface area is 187 Å². The van der Waals surface area contributed by atoms with Crippen LogP contribution in [0, 0.1) is 5.92 Å². The van der Waals surface area contributed by atoms with Gasteiger partial charge in [0.15, 0.2) is 0 Å². The van der Waals surface area contributed by atoms with E-state index in [4.69, 9.17) is 4.74 Å². The van der Waals surface area contributed by atoms with Crippen molar-refractivity contribution < 1.29 is 14.6 Å². The van der Waals surface area contributed by atoms with Gasteiger partial charge in [-0.05, 0) is 70.9 Å². The molecule has 170 valence electrons. The highest BCUT2D eigenvalue weighted by molar-refractivity contribution is 5.99. The molecule has 0 spiro atoms. The summed E-state index contributed by atoms with van der Waals surface area (Å²) in [5, 5.41) is 14.8. The van der Waals surface area contributed by atoms with E-state index in [0.717, 1.165) is 68.2 Å². The molecule has 1 saturated carbocycles. The average Bonchev–Trinajstić information content (AvgIpc) is 3.20. The Bertz CT molecular complexity index is 864. The fourth-order valence-electron chi connectivity index (χ4n) is 5.95. The second kappa shape index (κ2) is 8.88. The lowest BCUT2D eigenvalue weighted by atomic mass is 9.67. The molecular formula is C27H39NO3. The van der Waals surface area contributed by atoms with Crippen LogP contribution in [-0.4, -0.2) is 22.7 Å². The number of hydrogen-bond acceptors (Lipinski definition) is 3. The maximum absolute atomic E-state index is 13.4. The monoisotopic (exact) mass is 425 g/mol. The highest BCUT2D eigenvalue weighted by Gasteiger charge is 2.46. The van der Waals surface area contributed by atoms with E-state index < -0.39 is 0 Å². The van der Waals surface area contributed by atoms with Gasteiger partial charge in [0.25, 0.3) is 5.91 Å². The topological polar surface area (TPSA) is 58.6 Å². The fourth-order valence-corrected chi connectivity index (χ4v) is 5.95. The molecule has 2 aliphatic carbocycles. The summed E-state index contributed by atoms with van der Waals surface area (Å²) in [7, 11) is 0. The van der Waals surface area contributed by atoms with Gasteiger partial charge in [0.05, 0.1) is 5.56 Å². The van der Waals surface area contributed by atoms with Gasteiger partial charge in [-0.2, -0.15) is 0 Å². The number of hydrogen-bond donors (Lipinski definition) is 2. The third-order valence-corrected chi connectivity index (χ3v) is 7.70. The Hall–Kier alpha value is -1.97. The molecule has 1 heterocycles. The minimum Gasteiger partial charge on any atom is -0.507 e. The fraction of sp³-hybridized carbons (Fsp3) is 0.667. The van der Waals surface area contributed by atoms with Crippen LogP contribution in [0.4, 0.5) is 0 Å². The van der Waals surface area contributed by atoms with Crippen LogP contribution in [0.1, 0.15) is 113 Å². The summed E-state index contributed by atoms with van der Waals surface area (Å²) in [6.07, 6.45) is 12.8. The molecule has 1 aliphatic heterocycles. The maximum Gasteiger partial charge on any atom is 0.255 e. The lowest BCUT2D eigenvalue weighted by molar-refractivity contribution is 0.0107. The number of carbonyl (C=O) groups is 1. The number of fused-ring (bicyclic) bond motifs is 3. The van der Waals surface area contributed by atoms with Gasteiger partial charge < -0.3 is 15.2 Å². The standard InChI is InChI=1S/C27H39NO3/c1-5-6-7-10-18-16-22-24(20-15-17(2)13-14-21(20)27(3,4)31-22)25(29)23(18)26(30)28-19-11-8-9-12-19/h15-16,19-21,29H,5-14H2,1-4H3,(H,28,30). The van der Waals surface area contributed by atoms with Crippen LogP contribution in [0.2, 0.25) is 0 Å². The molecule has 3 aliphatic rings. The number of aromatic hydroxyl groups is 1. The SMILES string of the molecule is CCCCCc1cc2c(c(O)c1C(=O)NC1CCCC1)C1C=C(C)CCC1C(C)(C)O2. The number of phenolic OH excluding ortho intramolecular Hbond substituents is 1. The van der Waals surface area contributed by atoms with E-state index in [1.54, 1.807) is 0 Å². The molecule has 4 nitrogen and oxygen atoms in total. The van der Waals surface area contributed by atoms with E-state index in [0.29, 0.717) is 11.5 Å². The number of rotatable bonds is 6. The van der Waals surface area contributed by atoms with Crippen molar-refractivity contribution >= 4 is 5.91 Å². The third kappa shape index (κ3) is 4.36. The molecule has 0 radical (unpaired) electrons. The molecule has 2 N–H and O–H groups in total. The maximum atomic E-state index is 13.4. The van der Waals surface area contributed by atoms with Crippen LogP contribution in [0.3, 0.4) is 0 Å². The summed E-state index contributed by atoms with van der Waals surface area (Å²) in [6.45, 7) is 8.68. The van der Waals surface area contributed by atoms with Crippen molar-refractivity contribution in [1.82, 2.24) is 5.32 Å². The molecule has 1 aromatic carbocycles. The van der Waals surface area contributed by atoms with E-state index in [9.17, 15) is 9.90 Å². The molecule has 0 saturated heterocycles. The van der Waals surface area contributed by atoms with Crippen molar-refractivity contribution in [2.75, 3.05) is 0 Å².